The van der Waals surface area contributed by atoms with Crippen LogP contribution >= 0.6 is 23.2 Å². The highest BCUT2D eigenvalue weighted by atomic mass is 35.5. The molecule has 108 valence electrons. The third-order valence-corrected chi connectivity index (χ3v) is 3.13. The molecule has 0 aliphatic carbocycles. The van der Waals surface area contributed by atoms with Crippen LogP contribution in [0.5, 0.6) is 0 Å². The molecule has 6 nitrogen and oxygen atoms in total. The summed E-state index contributed by atoms with van der Waals surface area (Å²) in [4.78, 5) is 23.2. The number of hydrazone groups is 1. The lowest BCUT2D eigenvalue weighted by molar-refractivity contribution is -0.136. The Labute approximate surface area is 129 Å². The first-order valence-electron chi connectivity index (χ1n) is 5.70. The van der Waals surface area contributed by atoms with Gasteiger partial charge in [0, 0.05) is 0 Å². The molecule has 1 aromatic heterocycles. The summed E-state index contributed by atoms with van der Waals surface area (Å²) in [5.41, 5.74) is 2.29. The van der Waals surface area contributed by atoms with Crippen molar-refractivity contribution >= 4 is 46.9 Å². The lowest BCUT2D eigenvalue weighted by atomic mass is 10.3. The molecule has 0 saturated carbocycles. The van der Waals surface area contributed by atoms with Gasteiger partial charge in [0.25, 0.3) is 0 Å². The largest absolute Gasteiger partial charge is 0.463 e. The summed E-state index contributed by atoms with van der Waals surface area (Å²) in [7, 11) is 0. The normalized spacial score (nSPS) is 10.6. The number of hydrogen-bond donors (Lipinski definition) is 2. The number of carbonyl (C=O) groups is 2. The van der Waals surface area contributed by atoms with Gasteiger partial charge in [0.15, 0.2) is 0 Å². The SMILES string of the molecule is O=C(NN=Cc1ccco1)C(=O)Nc1cccc(Cl)c1Cl. The molecule has 8 heteroatoms. The minimum atomic E-state index is -0.950. The zero-order chi connectivity index (χ0) is 15.2. The van der Waals surface area contributed by atoms with Crippen LogP contribution in [0.3, 0.4) is 0 Å². The highest BCUT2D eigenvalue weighted by Crippen LogP contribution is 2.29. The minimum Gasteiger partial charge on any atom is -0.463 e. The molecule has 0 aliphatic heterocycles. The fourth-order valence-corrected chi connectivity index (χ4v) is 1.70. The number of hydrogen-bond acceptors (Lipinski definition) is 4. The summed E-state index contributed by atoms with van der Waals surface area (Å²) in [5, 5.41) is 6.33. The number of nitrogens with zero attached hydrogens (tertiary/aromatic N) is 1. The second kappa shape index (κ2) is 6.92. The summed E-state index contributed by atoms with van der Waals surface area (Å²) in [6, 6.07) is 7.98. The molecule has 0 atom stereocenters. The molecule has 0 saturated heterocycles. The summed E-state index contributed by atoms with van der Waals surface area (Å²) < 4.78 is 4.97. The molecule has 0 unspecified atom stereocenters. The van der Waals surface area contributed by atoms with Crippen LogP contribution in [-0.4, -0.2) is 18.0 Å². The topological polar surface area (TPSA) is 83.7 Å². The first-order valence-corrected chi connectivity index (χ1v) is 6.45. The van der Waals surface area contributed by atoms with E-state index in [1.54, 1.807) is 24.3 Å². The van der Waals surface area contributed by atoms with Crippen molar-refractivity contribution in [1.82, 2.24) is 5.43 Å². The molecule has 2 N–H and O–H groups in total. The number of furan rings is 1. The molecule has 0 radical (unpaired) electrons. The van der Waals surface area contributed by atoms with Crippen molar-refractivity contribution < 1.29 is 14.0 Å². The number of carbonyl (C=O) groups excluding carboxylic acids is 2. The van der Waals surface area contributed by atoms with E-state index in [9.17, 15) is 9.59 Å². The average Bonchev–Trinajstić information content (AvgIpc) is 2.97. The van der Waals surface area contributed by atoms with E-state index in [1.807, 2.05) is 0 Å². The summed E-state index contributed by atoms with van der Waals surface area (Å²) in [5.74, 6) is -1.43. The van der Waals surface area contributed by atoms with Gasteiger partial charge < -0.3 is 9.73 Å². The van der Waals surface area contributed by atoms with E-state index in [-0.39, 0.29) is 15.7 Å². The maximum Gasteiger partial charge on any atom is 0.329 e. The molecule has 2 rings (SSSR count). The maximum absolute atomic E-state index is 11.6. The highest BCUT2D eigenvalue weighted by molar-refractivity contribution is 6.45. The summed E-state index contributed by atoms with van der Waals surface area (Å²) >= 11 is 11.7. The van der Waals surface area contributed by atoms with E-state index in [0.717, 1.165) is 0 Å². The highest BCUT2D eigenvalue weighted by Gasteiger charge is 2.15. The zero-order valence-corrected chi connectivity index (χ0v) is 12.0. The van der Waals surface area contributed by atoms with Crippen molar-refractivity contribution in [3.05, 3.63) is 52.4 Å². The van der Waals surface area contributed by atoms with E-state index >= 15 is 0 Å². The second-order valence-corrected chi connectivity index (χ2v) is 4.56. The van der Waals surface area contributed by atoms with Crippen molar-refractivity contribution in [2.45, 2.75) is 0 Å². The molecule has 1 aromatic carbocycles. The molecular formula is C13H9Cl2N3O3. The van der Waals surface area contributed by atoms with Crippen LogP contribution in [0.15, 0.2) is 46.1 Å². The van der Waals surface area contributed by atoms with Crippen molar-refractivity contribution in [2.75, 3.05) is 5.32 Å². The van der Waals surface area contributed by atoms with Gasteiger partial charge >= 0.3 is 11.8 Å². The van der Waals surface area contributed by atoms with Gasteiger partial charge in [-0.05, 0) is 24.3 Å². The van der Waals surface area contributed by atoms with Crippen LogP contribution in [0.25, 0.3) is 0 Å². The van der Waals surface area contributed by atoms with Gasteiger partial charge in [-0.3, -0.25) is 9.59 Å². The number of benzene rings is 1. The number of anilines is 1. The molecule has 1 heterocycles. The molecule has 0 spiro atoms. The van der Waals surface area contributed by atoms with Crippen molar-refractivity contribution in [1.29, 1.82) is 0 Å². The molecule has 2 amide bonds. The third-order valence-electron chi connectivity index (χ3n) is 2.31. The Hall–Kier alpha value is -2.31. The van der Waals surface area contributed by atoms with Gasteiger partial charge in [-0.2, -0.15) is 5.10 Å². The van der Waals surface area contributed by atoms with Crippen molar-refractivity contribution in [3.8, 4) is 0 Å². The van der Waals surface area contributed by atoms with Crippen LogP contribution < -0.4 is 10.7 Å². The van der Waals surface area contributed by atoms with E-state index in [0.29, 0.717) is 5.76 Å². The van der Waals surface area contributed by atoms with Gasteiger partial charge in [0.05, 0.1) is 28.2 Å². The quantitative estimate of drug-likeness (QED) is 0.517. The van der Waals surface area contributed by atoms with Crippen LogP contribution in [-0.2, 0) is 9.59 Å². The smallest absolute Gasteiger partial charge is 0.329 e. The van der Waals surface area contributed by atoms with Crippen LogP contribution in [0.1, 0.15) is 5.76 Å². The predicted molar refractivity (Wildman–Crippen MR) is 79.5 cm³/mol. The number of nitrogens with one attached hydrogen (secondary N) is 2. The molecule has 0 fully saturated rings. The van der Waals surface area contributed by atoms with E-state index in [4.69, 9.17) is 27.6 Å². The van der Waals surface area contributed by atoms with Gasteiger partial charge in [0.2, 0.25) is 0 Å². The van der Waals surface area contributed by atoms with Gasteiger partial charge in [-0.25, -0.2) is 5.43 Å². The van der Waals surface area contributed by atoms with Gasteiger partial charge in [-0.15, -0.1) is 0 Å². The van der Waals surface area contributed by atoms with Crippen molar-refractivity contribution in [2.24, 2.45) is 5.10 Å². The standard InChI is InChI=1S/C13H9Cl2N3O3/c14-9-4-1-5-10(11(9)15)17-12(19)13(20)18-16-7-8-3-2-6-21-8/h1-7H,(H,17,19)(H,18,20). The first-order chi connectivity index (χ1) is 10.1. The Kier molecular flexibility index (Phi) is 4.97. The van der Waals surface area contributed by atoms with E-state index in [2.05, 4.69) is 15.8 Å². The fourth-order valence-electron chi connectivity index (χ4n) is 1.35. The zero-order valence-electron chi connectivity index (χ0n) is 10.5. The van der Waals surface area contributed by atoms with E-state index < -0.39 is 11.8 Å². The van der Waals surface area contributed by atoms with E-state index in [1.165, 1.54) is 18.5 Å². The Morgan fingerprint density at radius 2 is 1.95 bits per heavy atom. The third kappa shape index (κ3) is 4.08. The van der Waals surface area contributed by atoms with Gasteiger partial charge in [0.1, 0.15) is 5.76 Å². The number of halogens is 2. The van der Waals surface area contributed by atoms with Crippen molar-refractivity contribution in [3.63, 3.8) is 0 Å². The number of amides is 2. The molecular weight excluding hydrogens is 317 g/mol. The van der Waals surface area contributed by atoms with Crippen LogP contribution in [0.2, 0.25) is 10.0 Å². The number of rotatable bonds is 3. The average molecular weight is 326 g/mol. The molecule has 0 bridgehead atoms. The minimum absolute atomic E-state index is 0.152. The Balaban J connectivity index is 1.94. The summed E-state index contributed by atoms with van der Waals surface area (Å²) in [6.45, 7) is 0. The summed E-state index contributed by atoms with van der Waals surface area (Å²) in [6.07, 6.45) is 2.72. The lowest BCUT2D eigenvalue weighted by Crippen LogP contribution is -2.32. The first kappa shape index (κ1) is 15.1. The second-order valence-electron chi connectivity index (χ2n) is 3.77. The Morgan fingerprint density at radius 1 is 1.14 bits per heavy atom. The monoisotopic (exact) mass is 325 g/mol. The predicted octanol–water partition coefficient (Wildman–Crippen LogP) is 2.68. The lowest BCUT2D eigenvalue weighted by Gasteiger charge is -2.06. The Bertz CT molecular complexity index is 684. The van der Waals surface area contributed by atoms with Crippen LogP contribution in [0, 0.1) is 0 Å². The van der Waals surface area contributed by atoms with Crippen LogP contribution in [0.4, 0.5) is 5.69 Å². The molecule has 2 aromatic rings. The maximum atomic E-state index is 11.6. The Morgan fingerprint density at radius 3 is 2.67 bits per heavy atom. The fraction of sp³-hybridized carbons (Fsp3) is 0. The van der Waals surface area contributed by atoms with Gasteiger partial charge in [-0.1, -0.05) is 29.3 Å². The molecule has 0 aliphatic rings. The molecule has 21 heavy (non-hydrogen) atoms.